The fourth-order valence-corrected chi connectivity index (χ4v) is 4.55. The van der Waals surface area contributed by atoms with Crippen LogP contribution >= 0.6 is 12.6 Å². The van der Waals surface area contributed by atoms with E-state index in [1.54, 1.807) is 41.3 Å². The van der Waals surface area contributed by atoms with Crippen molar-refractivity contribution in [2.45, 2.75) is 31.2 Å². The maximum atomic E-state index is 15.0. The highest BCUT2D eigenvalue weighted by Gasteiger charge is 2.33. The SMILES string of the molecule is CC(S)NC[C@H]1CN(c2ccc(N3CCN(C(=O)CCC(=O)c4ccc(N)cc4)CC3)c(F)c2)C(=O)O1. The third-order valence-corrected chi connectivity index (χ3v) is 6.71. The van der Waals surface area contributed by atoms with Crippen LogP contribution in [0.1, 0.15) is 30.1 Å². The van der Waals surface area contributed by atoms with Gasteiger partial charge in [-0.2, -0.15) is 12.6 Å². The molecule has 2 aromatic carbocycles. The van der Waals surface area contributed by atoms with Crippen LogP contribution < -0.4 is 20.9 Å². The topological polar surface area (TPSA) is 108 Å². The molecule has 1 unspecified atom stereocenters. The number of nitrogen functional groups attached to an aromatic ring is 1. The number of rotatable bonds is 9. The zero-order valence-corrected chi connectivity index (χ0v) is 21.6. The molecule has 0 aliphatic carbocycles. The summed E-state index contributed by atoms with van der Waals surface area (Å²) < 4.78 is 20.4. The van der Waals surface area contributed by atoms with Gasteiger partial charge in [-0.1, -0.05) is 0 Å². The molecular formula is C26H32FN5O4S. The van der Waals surface area contributed by atoms with Crippen LogP contribution in [0.4, 0.5) is 26.2 Å². The second kappa shape index (κ2) is 11.8. The van der Waals surface area contributed by atoms with E-state index in [0.717, 1.165) is 0 Å². The number of nitrogens with two attached hydrogens (primary N) is 1. The lowest BCUT2D eigenvalue weighted by molar-refractivity contribution is -0.131. The van der Waals surface area contributed by atoms with Crippen LogP contribution in [0.25, 0.3) is 0 Å². The van der Waals surface area contributed by atoms with Gasteiger partial charge in [0.05, 0.1) is 17.9 Å². The second-order valence-electron chi connectivity index (χ2n) is 9.25. The van der Waals surface area contributed by atoms with Gasteiger partial charge in [0.25, 0.3) is 0 Å². The predicted molar refractivity (Wildman–Crippen MR) is 144 cm³/mol. The molecule has 2 saturated heterocycles. The Hall–Kier alpha value is -3.31. The van der Waals surface area contributed by atoms with E-state index in [4.69, 9.17) is 10.5 Å². The van der Waals surface area contributed by atoms with Gasteiger partial charge in [-0.3, -0.25) is 14.5 Å². The molecule has 2 amide bonds. The van der Waals surface area contributed by atoms with E-state index in [-0.39, 0.29) is 36.0 Å². The Balaban J connectivity index is 1.27. The van der Waals surface area contributed by atoms with Gasteiger partial charge >= 0.3 is 6.09 Å². The number of amides is 2. The fourth-order valence-electron chi connectivity index (χ4n) is 4.45. The van der Waals surface area contributed by atoms with E-state index in [2.05, 4.69) is 17.9 Å². The van der Waals surface area contributed by atoms with Crippen molar-refractivity contribution in [2.75, 3.05) is 54.8 Å². The Bertz CT molecular complexity index is 1140. The first kappa shape index (κ1) is 26.7. The van der Waals surface area contributed by atoms with Gasteiger partial charge in [0, 0.05) is 62.2 Å². The molecule has 4 rings (SSSR count). The summed E-state index contributed by atoms with van der Waals surface area (Å²) in [5.41, 5.74) is 7.62. The summed E-state index contributed by atoms with van der Waals surface area (Å²) in [7, 11) is 0. The molecule has 0 aromatic heterocycles. The third kappa shape index (κ3) is 6.72. The molecule has 9 nitrogen and oxygen atoms in total. The molecule has 37 heavy (non-hydrogen) atoms. The first-order chi connectivity index (χ1) is 17.7. The highest BCUT2D eigenvalue weighted by Crippen LogP contribution is 2.28. The lowest BCUT2D eigenvalue weighted by Crippen LogP contribution is -2.49. The zero-order chi connectivity index (χ0) is 26.5. The molecule has 2 aromatic rings. The Morgan fingerprint density at radius 3 is 2.49 bits per heavy atom. The third-order valence-electron chi connectivity index (χ3n) is 6.53. The Morgan fingerprint density at radius 2 is 1.84 bits per heavy atom. The molecule has 198 valence electrons. The van der Waals surface area contributed by atoms with Gasteiger partial charge in [0.15, 0.2) is 5.78 Å². The number of hydrogen-bond donors (Lipinski definition) is 3. The Labute approximate surface area is 221 Å². The van der Waals surface area contributed by atoms with E-state index < -0.39 is 11.9 Å². The van der Waals surface area contributed by atoms with Crippen molar-refractivity contribution in [1.82, 2.24) is 10.2 Å². The van der Waals surface area contributed by atoms with Crippen LogP contribution in [0.2, 0.25) is 0 Å². The van der Waals surface area contributed by atoms with Crippen LogP contribution in [-0.4, -0.2) is 73.4 Å². The number of thiol groups is 1. The Morgan fingerprint density at radius 1 is 1.14 bits per heavy atom. The number of benzene rings is 2. The second-order valence-corrected chi connectivity index (χ2v) is 10.0. The number of nitrogens with one attached hydrogen (secondary N) is 1. The molecule has 0 saturated carbocycles. The molecule has 2 aliphatic heterocycles. The number of cyclic esters (lactones) is 1. The van der Waals surface area contributed by atoms with E-state index in [0.29, 0.717) is 61.9 Å². The molecule has 2 fully saturated rings. The van der Waals surface area contributed by atoms with Crippen LogP contribution in [0.3, 0.4) is 0 Å². The minimum absolute atomic E-state index is 0.0303. The number of hydrogen-bond acceptors (Lipinski definition) is 8. The first-order valence-corrected chi connectivity index (χ1v) is 12.8. The number of ether oxygens (including phenoxy) is 1. The van der Waals surface area contributed by atoms with Gasteiger partial charge in [0.1, 0.15) is 11.9 Å². The van der Waals surface area contributed by atoms with Crippen LogP contribution in [0.15, 0.2) is 42.5 Å². The number of piperazine rings is 1. The van der Waals surface area contributed by atoms with Gasteiger partial charge in [-0.25, -0.2) is 9.18 Å². The minimum atomic E-state index is -0.507. The monoisotopic (exact) mass is 529 g/mol. The fraction of sp³-hybridized carbons (Fsp3) is 0.423. The summed E-state index contributed by atoms with van der Waals surface area (Å²) in [5, 5.41) is 3.08. The van der Waals surface area contributed by atoms with Crippen molar-refractivity contribution in [3.63, 3.8) is 0 Å². The summed E-state index contributed by atoms with van der Waals surface area (Å²) in [6, 6.07) is 11.3. The smallest absolute Gasteiger partial charge is 0.414 e. The van der Waals surface area contributed by atoms with Gasteiger partial charge in [-0.15, -0.1) is 0 Å². The van der Waals surface area contributed by atoms with Gasteiger partial charge in [-0.05, 0) is 49.4 Å². The van der Waals surface area contributed by atoms with Crippen LogP contribution in [0, 0.1) is 5.82 Å². The standard InChI is InChI=1S/C26H32FN5O4S/c1-17(37)29-15-21-16-32(26(35)36-21)20-6-7-23(22(27)14-20)30-10-12-31(13-11-30)25(34)9-8-24(33)18-2-4-19(28)5-3-18/h2-7,14,17,21,29,37H,8-13,15-16,28H2,1H3/t17?,21-/m0/s1. The summed E-state index contributed by atoms with van der Waals surface area (Å²) >= 11 is 4.25. The van der Waals surface area contributed by atoms with Crippen LogP contribution in [-0.2, 0) is 9.53 Å². The van der Waals surface area contributed by atoms with Gasteiger partial charge in [0.2, 0.25) is 5.91 Å². The maximum absolute atomic E-state index is 15.0. The first-order valence-electron chi connectivity index (χ1n) is 12.3. The number of halogens is 1. The molecule has 11 heteroatoms. The minimum Gasteiger partial charge on any atom is -0.443 e. The Kier molecular flexibility index (Phi) is 8.55. The molecule has 0 radical (unpaired) electrons. The lowest BCUT2D eigenvalue weighted by Gasteiger charge is -2.36. The molecular weight excluding hydrogens is 497 g/mol. The van der Waals surface area contributed by atoms with Gasteiger partial charge < -0.3 is 25.6 Å². The number of ketones is 1. The van der Waals surface area contributed by atoms with Crippen molar-refractivity contribution >= 4 is 47.5 Å². The largest absolute Gasteiger partial charge is 0.443 e. The maximum Gasteiger partial charge on any atom is 0.414 e. The number of anilines is 3. The number of nitrogens with zero attached hydrogens (tertiary/aromatic N) is 3. The highest BCUT2D eigenvalue weighted by molar-refractivity contribution is 7.80. The van der Waals surface area contributed by atoms with Crippen molar-refractivity contribution in [1.29, 1.82) is 0 Å². The van der Waals surface area contributed by atoms with Crippen molar-refractivity contribution in [3.8, 4) is 0 Å². The quantitative estimate of drug-likeness (QED) is 0.198. The normalized spacial score (nSPS) is 18.6. The van der Waals surface area contributed by atoms with E-state index in [1.807, 2.05) is 11.8 Å². The van der Waals surface area contributed by atoms with Crippen molar-refractivity contribution in [2.24, 2.45) is 0 Å². The zero-order valence-electron chi connectivity index (χ0n) is 20.7. The lowest BCUT2D eigenvalue weighted by atomic mass is 10.1. The molecule has 2 heterocycles. The average Bonchev–Trinajstić information content (AvgIpc) is 3.26. The number of Topliss-reactive ketones (excluding diaryl/α,β-unsaturated/α-hetero) is 1. The molecule has 2 atom stereocenters. The number of carbonyl (C=O) groups is 3. The molecule has 2 aliphatic rings. The predicted octanol–water partition coefficient (Wildman–Crippen LogP) is 2.91. The summed E-state index contributed by atoms with van der Waals surface area (Å²) in [6.07, 6.45) is -0.588. The summed E-state index contributed by atoms with van der Waals surface area (Å²) in [4.78, 5) is 42.3. The van der Waals surface area contributed by atoms with Crippen molar-refractivity contribution < 1.29 is 23.5 Å². The van der Waals surface area contributed by atoms with Crippen molar-refractivity contribution in [3.05, 3.63) is 53.8 Å². The van der Waals surface area contributed by atoms with E-state index >= 15 is 4.39 Å². The average molecular weight is 530 g/mol. The summed E-state index contributed by atoms with van der Waals surface area (Å²) in [5.74, 6) is -0.636. The molecule has 0 spiro atoms. The number of carbonyl (C=O) groups excluding carboxylic acids is 3. The van der Waals surface area contributed by atoms with E-state index in [9.17, 15) is 14.4 Å². The molecule has 3 N–H and O–H groups in total. The van der Waals surface area contributed by atoms with E-state index in [1.165, 1.54) is 11.0 Å². The summed E-state index contributed by atoms with van der Waals surface area (Å²) in [6.45, 7) is 4.48. The van der Waals surface area contributed by atoms with Crippen LogP contribution in [0.5, 0.6) is 0 Å². The molecule has 0 bridgehead atoms. The highest BCUT2D eigenvalue weighted by atomic mass is 32.1.